The lowest BCUT2D eigenvalue weighted by molar-refractivity contribution is -0.115. The smallest absolute Gasteiger partial charge is 0.230 e. The van der Waals surface area contributed by atoms with Crippen molar-refractivity contribution in [3.63, 3.8) is 0 Å². The summed E-state index contributed by atoms with van der Waals surface area (Å²) >= 11 is 1.47. The fourth-order valence-electron chi connectivity index (χ4n) is 3.30. The Hall–Kier alpha value is -2.14. The van der Waals surface area contributed by atoms with Crippen LogP contribution in [-0.2, 0) is 29.5 Å². The minimum Gasteiger partial charge on any atom is -0.464 e. The second-order valence-corrected chi connectivity index (χ2v) is 8.60. The summed E-state index contributed by atoms with van der Waals surface area (Å²) in [5, 5.41) is 6.64. The molecular weight excluding hydrogens is 332 g/mol. The number of hydrogen-bond donors (Lipinski definition) is 1. The number of nitrogens with zero attached hydrogens (tertiary/aromatic N) is 1. The van der Waals surface area contributed by atoms with E-state index in [2.05, 4.69) is 43.2 Å². The first-order chi connectivity index (χ1) is 11.9. The van der Waals surface area contributed by atoms with E-state index in [1.807, 2.05) is 5.38 Å². The monoisotopic (exact) mass is 354 g/mol. The standard InChI is InChI=1S/C20H22N2O2S/c1-20(2,3)17-11-25-19(21-17)22-18(23)9-14-10-24-16-8-13-6-4-5-12(13)7-15(14)16/h7-8,10-11H,4-6,9H2,1-3H3,(H,21,22,23). The number of nitrogens with one attached hydrogen (secondary N) is 1. The highest BCUT2D eigenvalue weighted by molar-refractivity contribution is 7.13. The van der Waals surface area contributed by atoms with Crippen LogP contribution in [0.4, 0.5) is 5.13 Å². The van der Waals surface area contributed by atoms with Crippen LogP contribution in [0.5, 0.6) is 0 Å². The van der Waals surface area contributed by atoms with E-state index in [0.29, 0.717) is 11.6 Å². The lowest BCUT2D eigenvalue weighted by atomic mass is 9.93. The molecule has 1 aliphatic rings. The Morgan fingerprint density at radius 1 is 1.28 bits per heavy atom. The first-order valence-corrected chi connectivity index (χ1v) is 9.56. The van der Waals surface area contributed by atoms with Crippen molar-refractivity contribution < 1.29 is 9.21 Å². The molecule has 0 aliphatic heterocycles. The number of amides is 1. The van der Waals surface area contributed by atoms with E-state index in [9.17, 15) is 4.79 Å². The molecule has 3 aromatic rings. The van der Waals surface area contributed by atoms with E-state index in [1.54, 1.807) is 6.26 Å². The molecule has 1 amide bonds. The number of carbonyl (C=O) groups is 1. The third kappa shape index (κ3) is 3.21. The molecule has 2 aromatic heterocycles. The fraction of sp³-hybridized carbons (Fsp3) is 0.400. The molecule has 0 saturated heterocycles. The summed E-state index contributed by atoms with van der Waals surface area (Å²) in [6, 6.07) is 4.33. The SMILES string of the molecule is CC(C)(C)c1csc(NC(=O)Cc2coc3cc4c(cc23)CCC4)n1. The zero-order valence-electron chi connectivity index (χ0n) is 14.8. The Morgan fingerprint density at radius 2 is 2.04 bits per heavy atom. The number of rotatable bonds is 3. The van der Waals surface area contributed by atoms with Crippen LogP contribution in [0.3, 0.4) is 0 Å². The molecule has 0 radical (unpaired) electrons. The number of aromatic nitrogens is 1. The predicted octanol–water partition coefficient (Wildman–Crippen LogP) is 4.86. The molecule has 0 fully saturated rings. The van der Waals surface area contributed by atoms with Crippen molar-refractivity contribution in [3.05, 3.63) is 46.2 Å². The van der Waals surface area contributed by atoms with Crippen LogP contribution in [-0.4, -0.2) is 10.9 Å². The van der Waals surface area contributed by atoms with E-state index in [1.165, 1.54) is 28.9 Å². The number of hydrogen-bond acceptors (Lipinski definition) is 4. The molecule has 0 saturated carbocycles. The van der Waals surface area contributed by atoms with Gasteiger partial charge >= 0.3 is 0 Å². The Bertz CT molecular complexity index is 946. The van der Waals surface area contributed by atoms with Crippen molar-refractivity contribution in [1.82, 2.24) is 4.98 Å². The Kier molecular flexibility index (Phi) is 3.91. The molecule has 1 aromatic carbocycles. The first kappa shape index (κ1) is 16.3. The molecule has 1 aliphatic carbocycles. The van der Waals surface area contributed by atoms with Crippen molar-refractivity contribution in [2.75, 3.05) is 5.32 Å². The Morgan fingerprint density at radius 3 is 2.76 bits per heavy atom. The van der Waals surface area contributed by atoms with Crippen LogP contribution in [0.15, 0.2) is 28.2 Å². The molecule has 130 valence electrons. The molecule has 0 unspecified atom stereocenters. The van der Waals surface area contributed by atoms with Gasteiger partial charge in [0.2, 0.25) is 5.91 Å². The molecule has 0 spiro atoms. The van der Waals surface area contributed by atoms with E-state index >= 15 is 0 Å². The molecular formula is C20H22N2O2S. The number of aryl methyl sites for hydroxylation is 2. The van der Waals surface area contributed by atoms with Gasteiger partial charge in [0, 0.05) is 21.7 Å². The highest BCUT2D eigenvalue weighted by Gasteiger charge is 2.19. The zero-order chi connectivity index (χ0) is 17.6. The minimum absolute atomic E-state index is 0.0133. The zero-order valence-corrected chi connectivity index (χ0v) is 15.6. The van der Waals surface area contributed by atoms with E-state index in [0.717, 1.165) is 35.1 Å². The quantitative estimate of drug-likeness (QED) is 0.731. The van der Waals surface area contributed by atoms with Gasteiger partial charge in [-0.1, -0.05) is 20.8 Å². The third-order valence-corrected chi connectivity index (χ3v) is 5.50. The average molecular weight is 354 g/mol. The lowest BCUT2D eigenvalue weighted by Gasteiger charge is -2.14. The second-order valence-electron chi connectivity index (χ2n) is 7.74. The van der Waals surface area contributed by atoms with Crippen LogP contribution >= 0.6 is 11.3 Å². The summed E-state index contributed by atoms with van der Waals surface area (Å²) in [4.78, 5) is 17.0. The summed E-state index contributed by atoms with van der Waals surface area (Å²) in [6.45, 7) is 6.34. The van der Waals surface area contributed by atoms with Gasteiger partial charge in [-0.05, 0) is 42.5 Å². The normalized spacial score (nSPS) is 14.0. The van der Waals surface area contributed by atoms with Gasteiger partial charge in [0.05, 0.1) is 18.4 Å². The van der Waals surface area contributed by atoms with Crippen LogP contribution in [0, 0.1) is 0 Å². The molecule has 0 bridgehead atoms. The number of furan rings is 1. The number of carbonyl (C=O) groups excluding carboxylic acids is 1. The van der Waals surface area contributed by atoms with Crippen LogP contribution in [0.1, 0.15) is 49.6 Å². The predicted molar refractivity (Wildman–Crippen MR) is 101 cm³/mol. The largest absolute Gasteiger partial charge is 0.464 e. The topological polar surface area (TPSA) is 55.1 Å². The van der Waals surface area contributed by atoms with Gasteiger partial charge in [0.15, 0.2) is 5.13 Å². The maximum Gasteiger partial charge on any atom is 0.230 e. The van der Waals surface area contributed by atoms with Gasteiger partial charge in [0.1, 0.15) is 5.58 Å². The van der Waals surface area contributed by atoms with Gasteiger partial charge in [-0.15, -0.1) is 11.3 Å². The summed E-state index contributed by atoms with van der Waals surface area (Å²) in [6.07, 6.45) is 5.47. The van der Waals surface area contributed by atoms with E-state index < -0.39 is 0 Å². The molecule has 4 rings (SSSR count). The summed E-state index contributed by atoms with van der Waals surface area (Å²) < 4.78 is 5.68. The average Bonchev–Trinajstić information content (AvgIpc) is 3.24. The van der Waals surface area contributed by atoms with E-state index in [4.69, 9.17) is 4.42 Å². The number of anilines is 1. The molecule has 2 heterocycles. The molecule has 4 nitrogen and oxygen atoms in total. The highest BCUT2D eigenvalue weighted by atomic mass is 32.1. The maximum absolute atomic E-state index is 12.4. The summed E-state index contributed by atoms with van der Waals surface area (Å²) in [5.74, 6) is -0.0574. The second kappa shape index (κ2) is 5.99. The maximum atomic E-state index is 12.4. The molecule has 1 N–H and O–H groups in total. The van der Waals surface area contributed by atoms with Crippen LogP contribution in [0.2, 0.25) is 0 Å². The molecule has 0 atom stereocenters. The fourth-order valence-corrected chi connectivity index (χ4v) is 4.25. The summed E-state index contributed by atoms with van der Waals surface area (Å²) in [7, 11) is 0. The molecule has 25 heavy (non-hydrogen) atoms. The van der Waals surface area contributed by atoms with Gasteiger partial charge in [0.25, 0.3) is 0 Å². The van der Waals surface area contributed by atoms with Crippen LogP contribution in [0.25, 0.3) is 11.0 Å². The first-order valence-electron chi connectivity index (χ1n) is 8.68. The van der Waals surface area contributed by atoms with Crippen molar-refractivity contribution >= 4 is 33.3 Å². The van der Waals surface area contributed by atoms with Crippen molar-refractivity contribution in [2.45, 2.75) is 51.9 Å². The van der Waals surface area contributed by atoms with Crippen molar-refractivity contribution in [2.24, 2.45) is 0 Å². The number of fused-ring (bicyclic) bond motifs is 2. The number of benzene rings is 1. The van der Waals surface area contributed by atoms with E-state index in [-0.39, 0.29) is 11.3 Å². The summed E-state index contributed by atoms with van der Waals surface area (Å²) in [5.41, 5.74) is 5.58. The number of thiazole rings is 1. The van der Waals surface area contributed by atoms with Gasteiger partial charge in [-0.2, -0.15) is 0 Å². The van der Waals surface area contributed by atoms with Crippen LogP contribution < -0.4 is 5.32 Å². The van der Waals surface area contributed by atoms with Gasteiger partial charge in [-0.25, -0.2) is 4.98 Å². The van der Waals surface area contributed by atoms with Gasteiger partial charge < -0.3 is 9.73 Å². The van der Waals surface area contributed by atoms with Gasteiger partial charge in [-0.3, -0.25) is 4.79 Å². The third-order valence-electron chi connectivity index (χ3n) is 4.74. The Balaban J connectivity index is 1.51. The molecule has 5 heteroatoms. The van der Waals surface area contributed by atoms with Crippen molar-refractivity contribution in [3.8, 4) is 0 Å². The van der Waals surface area contributed by atoms with Crippen molar-refractivity contribution in [1.29, 1.82) is 0 Å². The highest BCUT2D eigenvalue weighted by Crippen LogP contribution is 2.31. The lowest BCUT2D eigenvalue weighted by Crippen LogP contribution is -2.15. The Labute approximate surface area is 151 Å². The minimum atomic E-state index is -0.0574.